The molecule has 0 saturated carbocycles. The van der Waals surface area contributed by atoms with Crippen molar-refractivity contribution in [3.63, 3.8) is 0 Å². The van der Waals surface area contributed by atoms with Gasteiger partial charge in [-0.25, -0.2) is 4.79 Å². The van der Waals surface area contributed by atoms with Gasteiger partial charge in [0, 0.05) is 25.3 Å². The Morgan fingerprint density at radius 3 is 2.38 bits per heavy atom. The molecule has 32 heavy (non-hydrogen) atoms. The van der Waals surface area contributed by atoms with Gasteiger partial charge in [0.05, 0.1) is 18.2 Å². The maximum atomic E-state index is 13.0. The molecule has 168 valence electrons. The van der Waals surface area contributed by atoms with Crippen molar-refractivity contribution in [1.29, 1.82) is 10.5 Å². The molecule has 3 atom stereocenters. The van der Waals surface area contributed by atoms with Crippen molar-refractivity contribution in [2.75, 3.05) is 6.61 Å². The number of nitriles is 2. The van der Waals surface area contributed by atoms with Gasteiger partial charge in [-0.2, -0.15) is 10.5 Å². The number of rotatable bonds is 4. The minimum Gasteiger partial charge on any atom is -0.453 e. The average Bonchev–Trinajstić information content (AvgIpc) is 3.03. The quantitative estimate of drug-likeness (QED) is 0.286. The smallest absolute Gasteiger partial charge is 0.411 e. The third kappa shape index (κ3) is 5.23. The Kier molecular flexibility index (Phi) is 7.58. The number of hydrogen-bond donors (Lipinski definition) is 0. The van der Waals surface area contributed by atoms with Crippen LogP contribution in [0.4, 0.5) is 4.79 Å². The number of fused-ring (bicyclic) bond motifs is 2. The van der Waals surface area contributed by atoms with Crippen molar-refractivity contribution < 1.29 is 19.1 Å². The number of ether oxygens (including phenoxy) is 2. The fourth-order valence-corrected chi connectivity index (χ4v) is 4.22. The summed E-state index contributed by atoms with van der Waals surface area (Å²) >= 11 is 0. The summed E-state index contributed by atoms with van der Waals surface area (Å²) in [6.07, 6.45) is 2.81. The van der Waals surface area contributed by atoms with Crippen LogP contribution in [0.5, 0.6) is 0 Å². The molecular weight excluding hydrogens is 406 g/mol. The Hall–Kier alpha value is -3.46. The summed E-state index contributed by atoms with van der Waals surface area (Å²) in [5.41, 5.74) is 2.12. The second-order valence-corrected chi connectivity index (χ2v) is 9.00. The maximum Gasteiger partial charge on any atom is 0.411 e. The molecule has 0 aliphatic carbocycles. The van der Waals surface area contributed by atoms with E-state index in [1.165, 1.54) is 6.92 Å². The van der Waals surface area contributed by atoms with E-state index in [2.05, 4.69) is 36.3 Å². The first-order valence-corrected chi connectivity index (χ1v) is 10.5. The van der Waals surface area contributed by atoms with Gasteiger partial charge in [-0.15, -0.1) is 5.73 Å². The number of nitrogens with zero attached hydrogens (tertiary/aromatic N) is 3. The molecule has 2 heterocycles. The number of amides is 1. The molecule has 2 rings (SSSR count). The topological polar surface area (TPSA) is 103 Å². The molecule has 1 amide bonds. The van der Waals surface area contributed by atoms with Crippen molar-refractivity contribution in [2.45, 2.75) is 71.6 Å². The van der Waals surface area contributed by atoms with Gasteiger partial charge < -0.3 is 9.47 Å². The van der Waals surface area contributed by atoms with E-state index in [9.17, 15) is 20.1 Å². The Balaban J connectivity index is 2.48. The van der Waals surface area contributed by atoms with Crippen LogP contribution in [-0.4, -0.2) is 41.3 Å². The number of carbonyl (C=O) groups excluding carboxylic acids is 2. The van der Waals surface area contributed by atoms with E-state index < -0.39 is 29.0 Å². The van der Waals surface area contributed by atoms with Gasteiger partial charge in [0.2, 0.25) is 0 Å². The molecule has 0 unspecified atom stereocenters. The Morgan fingerprint density at radius 2 is 1.84 bits per heavy atom. The van der Waals surface area contributed by atoms with Crippen LogP contribution in [0.1, 0.15) is 53.9 Å². The van der Waals surface area contributed by atoms with Crippen LogP contribution in [0.2, 0.25) is 0 Å². The second kappa shape index (κ2) is 9.78. The summed E-state index contributed by atoms with van der Waals surface area (Å²) in [6, 6.07) is 3.78. The normalized spacial score (nSPS) is 21.7. The first-order chi connectivity index (χ1) is 15.0. The predicted molar refractivity (Wildman–Crippen MR) is 117 cm³/mol. The summed E-state index contributed by atoms with van der Waals surface area (Å²) in [5.74, 6) is 4.65. The third-order valence-electron chi connectivity index (χ3n) is 5.61. The van der Waals surface area contributed by atoms with Crippen LogP contribution >= 0.6 is 0 Å². The van der Waals surface area contributed by atoms with Crippen LogP contribution < -0.4 is 0 Å². The fourth-order valence-electron chi connectivity index (χ4n) is 4.22. The lowest BCUT2D eigenvalue weighted by Crippen LogP contribution is -2.51. The van der Waals surface area contributed by atoms with Crippen LogP contribution in [0.25, 0.3) is 0 Å². The molecule has 2 bridgehead atoms. The van der Waals surface area contributed by atoms with Crippen molar-refractivity contribution in [3.8, 4) is 24.0 Å². The van der Waals surface area contributed by atoms with Crippen molar-refractivity contribution in [2.24, 2.45) is 11.3 Å². The molecule has 0 spiro atoms. The van der Waals surface area contributed by atoms with E-state index in [0.29, 0.717) is 18.4 Å². The minimum atomic E-state index is -1.51. The maximum absolute atomic E-state index is 13.0. The van der Waals surface area contributed by atoms with Gasteiger partial charge in [0.1, 0.15) is 5.60 Å². The first kappa shape index (κ1) is 24.8. The lowest BCUT2D eigenvalue weighted by atomic mass is 9.68. The standard InChI is InChI=1S/C25H29N3O4/c1-7-17(2)22-20(25(15-26,16-27)12-8-9-13-31-18(3)29)14-19-10-11-21(22)28(19)23(30)32-24(4,5)6/h14,19,21-22H,1,10-13H2,2-6H3/t19-,21+,22-/m1/s1. The molecule has 7 heteroatoms. The third-order valence-corrected chi connectivity index (χ3v) is 5.61. The molecule has 0 radical (unpaired) electrons. The van der Waals surface area contributed by atoms with Gasteiger partial charge in [0.25, 0.3) is 0 Å². The van der Waals surface area contributed by atoms with Gasteiger partial charge in [-0.3, -0.25) is 9.69 Å². The Labute approximate surface area is 190 Å². The second-order valence-electron chi connectivity index (χ2n) is 9.00. The van der Waals surface area contributed by atoms with Crippen molar-refractivity contribution in [3.05, 3.63) is 29.5 Å². The molecule has 7 nitrogen and oxygen atoms in total. The molecule has 0 aromatic heterocycles. The first-order valence-electron chi connectivity index (χ1n) is 10.5. The number of esters is 1. The highest BCUT2D eigenvalue weighted by Gasteiger charge is 2.52. The van der Waals surface area contributed by atoms with Gasteiger partial charge in [-0.1, -0.05) is 24.5 Å². The number of carbonyl (C=O) groups is 2. The van der Waals surface area contributed by atoms with E-state index >= 15 is 0 Å². The predicted octanol–water partition coefficient (Wildman–Crippen LogP) is 4.03. The summed E-state index contributed by atoms with van der Waals surface area (Å²) in [5, 5.41) is 20.1. The summed E-state index contributed by atoms with van der Waals surface area (Å²) < 4.78 is 10.4. The van der Waals surface area contributed by atoms with E-state index in [4.69, 9.17) is 9.47 Å². The molecule has 1 saturated heterocycles. The van der Waals surface area contributed by atoms with Crippen molar-refractivity contribution >= 4 is 12.1 Å². The fraction of sp³-hybridized carbons (Fsp3) is 0.560. The highest BCUT2D eigenvalue weighted by molar-refractivity contribution is 5.71. The highest BCUT2D eigenvalue weighted by atomic mass is 16.6. The number of hydrogen-bond acceptors (Lipinski definition) is 6. The minimum absolute atomic E-state index is 0.0418. The summed E-state index contributed by atoms with van der Waals surface area (Å²) in [4.78, 5) is 25.6. The molecule has 2 aliphatic heterocycles. The Morgan fingerprint density at radius 1 is 1.19 bits per heavy atom. The van der Waals surface area contributed by atoms with Gasteiger partial charge in [0.15, 0.2) is 12.0 Å². The molecule has 1 fully saturated rings. The Bertz CT molecular complexity index is 989. The molecule has 2 aliphatic rings. The monoisotopic (exact) mass is 435 g/mol. The highest BCUT2D eigenvalue weighted by Crippen LogP contribution is 2.49. The molecule has 0 aromatic rings. The lowest BCUT2D eigenvalue weighted by molar-refractivity contribution is -0.139. The molecule has 0 N–H and O–H groups in total. The van der Waals surface area contributed by atoms with Gasteiger partial charge in [-0.05, 0) is 51.7 Å². The van der Waals surface area contributed by atoms with Crippen LogP contribution in [0.3, 0.4) is 0 Å². The van der Waals surface area contributed by atoms with E-state index in [1.807, 2.05) is 33.8 Å². The van der Waals surface area contributed by atoms with Crippen molar-refractivity contribution in [1.82, 2.24) is 4.90 Å². The zero-order valence-electron chi connectivity index (χ0n) is 19.3. The zero-order chi connectivity index (χ0) is 24.1. The lowest BCUT2D eigenvalue weighted by Gasteiger charge is -2.42. The molecular formula is C25H29N3O4. The average molecular weight is 436 g/mol. The van der Waals surface area contributed by atoms with Gasteiger partial charge >= 0.3 is 12.1 Å². The largest absolute Gasteiger partial charge is 0.453 e. The van der Waals surface area contributed by atoms with Crippen LogP contribution in [-0.2, 0) is 14.3 Å². The SMILES string of the molecule is C=C=C(C)[C@@H]1C(C(C#N)(C#N)CC#CCOC(C)=O)=C[C@H]2CC[C@@H]1N2C(=O)OC(C)(C)C. The zero-order valence-corrected chi connectivity index (χ0v) is 19.3. The van der Waals surface area contributed by atoms with Crippen LogP contribution in [0.15, 0.2) is 29.5 Å². The van der Waals surface area contributed by atoms with E-state index in [1.54, 1.807) is 4.90 Å². The summed E-state index contributed by atoms with van der Waals surface area (Å²) in [6.45, 7) is 12.2. The molecule has 0 aromatic carbocycles. The van der Waals surface area contributed by atoms with Crippen LogP contribution in [0, 0.1) is 45.8 Å². The van der Waals surface area contributed by atoms with E-state index in [-0.39, 0.29) is 25.1 Å². The van der Waals surface area contributed by atoms with E-state index in [0.717, 1.165) is 5.57 Å². The summed E-state index contributed by atoms with van der Waals surface area (Å²) in [7, 11) is 0.